The fourth-order valence-corrected chi connectivity index (χ4v) is 4.92. The fourth-order valence-electron chi connectivity index (χ4n) is 4.92. The van der Waals surface area contributed by atoms with Crippen LogP contribution in [0.5, 0.6) is 5.75 Å². The smallest absolute Gasteiger partial charge is 0.161 e. The number of piperazine rings is 1. The van der Waals surface area contributed by atoms with Gasteiger partial charge in [-0.05, 0) is 48.5 Å². The van der Waals surface area contributed by atoms with E-state index in [-0.39, 0.29) is 5.41 Å². The van der Waals surface area contributed by atoms with Gasteiger partial charge in [-0.25, -0.2) is 9.97 Å². The highest BCUT2D eigenvalue weighted by Crippen LogP contribution is 2.30. The highest BCUT2D eigenvalue weighted by atomic mass is 16.5. The van der Waals surface area contributed by atoms with Crippen LogP contribution in [0.15, 0.2) is 54.7 Å². The van der Waals surface area contributed by atoms with Crippen molar-refractivity contribution in [2.24, 2.45) is 5.41 Å². The summed E-state index contributed by atoms with van der Waals surface area (Å²) >= 11 is 0. The van der Waals surface area contributed by atoms with Gasteiger partial charge in [0.05, 0.1) is 44.6 Å². The van der Waals surface area contributed by atoms with Crippen molar-refractivity contribution < 1.29 is 14.2 Å². The van der Waals surface area contributed by atoms with E-state index in [1.165, 1.54) is 5.69 Å². The monoisotopic (exact) mass is 512 g/mol. The standard InChI is InChI=1S/C29H32N6O3/c1-29(18-37-19-29)20-38-26-7-2-21(14-22(26)15-30)28-31-9-8-27(33-28)32-23-3-5-24(6-4-23)34-10-12-35(13-11-34)25-16-36-17-25/h2-9,14,25H,10-13,16-20H2,1H3,(H,31,32,33). The quantitative estimate of drug-likeness (QED) is 0.485. The van der Waals surface area contributed by atoms with E-state index >= 15 is 0 Å². The van der Waals surface area contributed by atoms with Crippen molar-refractivity contribution in [2.45, 2.75) is 13.0 Å². The molecule has 0 radical (unpaired) electrons. The van der Waals surface area contributed by atoms with E-state index in [1.807, 2.05) is 18.2 Å². The first-order chi connectivity index (χ1) is 18.6. The van der Waals surface area contributed by atoms with Gasteiger partial charge in [-0.1, -0.05) is 6.92 Å². The molecule has 3 fully saturated rings. The molecule has 3 saturated heterocycles. The molecule has 1 aromatic heterocycles. The largest absolute Gasteiger partial charge is 0.491 e. The molecule has 3 aromatic rings. The van der Waals surface area contributed by atoms with Crippen molar-refractivity contribution >= 4 is 17.2 Å². The van der Waals surface area contributed by atoms with Crippen LogP contribution in [0.1, 0.15) is 12.5 Å². The van der Waals surface area contributed by atoms with Gasteiger partial charge in [0.15, 0.2) is 5.82 Å². The van der Waals surface area contributed by atoms with Crippen LogP contribution in [-0.2, 0) is 9.47 Å². The molecular formula is C29H32N6O3. The summed E-state index contributed by atoms with van der Waals surface area (Å²) in [5, 5.41) is 13.1. The Morgan fingerprint density at radius 2 is 1.84 bits per heavy atom. The summed E-state index contributed by atoms with van der Waals surface area (Å²) in [5.74, 6) is 1.80. The van der Waals surface area contributed by atoms with Gasteiger partial charge in [0.1, 0.15) is 17.6 Å². The summed E-state index contributed by atoms with van der Waals surface area (Å²) < 4.78 is 16.6. The number of anilines is 3. The minimum Gasteiger partial charge on any atom is -0.491 e. The predicted octanol–water partition coefficient (Wildman–Crippen LogP) is 3.69. The third-order valence-corrected chi connectivity index (χ3v) is 7.45. The van der Waals surface area contributed by atoms with Gasteiger partial charge in [0.25, 0.3) is 0 Å². The lowest BCUT2D eigenvalue weighted by Crippen LogP contribution is -2.56. The lowest BCUT2D eigenvalue weighted by Gasteiger charge is -2.43. The lowest BCUT2D eigenvalue weighted by molar-refractivity contribution is -0.120. The van der Waals surface area contributed by atoms with E-state index in [0.717, 1.165) is 50.6 Å². The zero-order valence-corrected chi connectivity index (χ0v) is 21.6. The topological polar surface area (TPSA) is 95.8 Å². The lowest BCUT2D eigenvalue weighted by atomic mass is 9.90. The molecule has 9 heteroatoms. The number of nitrogens with zero attached hydrogens (tertiary/aromatic N) is 5. The molecule has 6 rings (SSSR count). The summed E-state index contributed by atoms with van der Waals surface area (Å²) in [6.07, 6.45) is 1.72. The van der Waals surface area contributed by atoms with Gasteiger partial charge in [0.2, 0.25) is 0 Å². The zero-order valence-electron chi connectivity index (χ0n) is 21.6. The first-order valence-electron chi connectivity index (χ1n) is 13.1. The molecule has 0 atom stereocenters. The SMILES string of the molecule is CC1(COc2ccc(-c3nccc(Nc4ccc(N5CCN(C6COC6)CC5)cc4)n3)cc2C#N)COC1. The molecular weight excluding hydrogens is 480 g/mol. The summed E-state index contributed by atoms with van der Waals surface area (Å²) in [6, 6.07) is 18.6. The minimum absolute atomic E-state index is 0.00700. The molecule has 0 unspecified atom stereocenters. The van der Waals surface area contributed by atoms with Gasteiger partial charge >= 0.3 is 0 Å². The van der Waals surface area contributed by atoms with E-state index in [1.54, 1.807) is 12.3 Å². The molecule has 0 bridgehead atoms. The molecule has 196 valence electrons. The summed E-state index contributed by atoms with van der Waals surface area (Å²) in [7, 11) is 0. The summed E-state index contributed by atoms with van der Waals surface area (Å²) in [6.45, 7) is 9.95. The fraction of sp³-hybridized carbons (Fsp3) is 0.414. The van der Waals surface area contributed by atoms with E-state index in [4.69, 9.17) is 14.2 Å². The Balaban J connectivity index is 1.09. The van der Waals surface area contributed by atoms with Crippen LogP contribution in [0.25, 0.3) is 11.4 Å². The molecule has 0 spiro atoms. The molecule has 3 aliphatic heterocycles. The number of rotatable bonds is 8. The second-order valence-electron chi connectivity index (χ2n) is 10.6. The maximum Gasteiger partial charge on any atom is 0.161 e. The summed E-state index contributed by atoms with van der Waals surface area (Å²) in [4.78, 5) is 14.1. The second kappa shape index (κ2) is 10.6. The Morgan fingerprint density at radius 3 is 2.50 bits per heavy atom. The third kappa shape index (κ3) is 5.29. The zero-order chi connectivity index (χ0) is 26.0. The first-order valence-corrected chi connectivity index (χ1v) is 13.1. The Morgan fingerprint density at radius 1 is 1.05 bits per heavy atom. The van der Waals surface area contributed by atoms with Gasteiger partial charge in [-0.2, -0.15) is 5.26 Å². The Bertz CT molecular complexity index is 1310. The number of nitrogens with one attached hydrogen (secondary N) is 1. The Hall–Kier alpha value is -3.71. The van der Waals surface area contributed by atoms with E-state index in [9.17, 15) is 5.26 Å². The van der Waals surface area contributed by atoms with Crippen LogP contribution in [-0.4, -0.2) is 80.1 Å². The van der Waals surface area contributed by atoms with Gasteiger partial charge < -0.3 is 24.4 Å². The maximum atomic E-state index is 9.69. The maximum absolute atomic E-state index is 9.69. The van der Waals surface area contributed by atoms with E-state index in [2.05, 4.69) is 62.3 Å². The van der Waals surface area contributed by atoms with Gasteiger partial charge in [-0.15, -0.1) is 0 Å². The Kier molecular flexibility index (Phi) is 6.85. The molecule has 0 aliphatic carbocycles. The average molecular weight is 513 g/mol. The highest BCUT2D eigenvalue weighted by Gasteiger charge is 2.34. The van der Waals surface area contributed by atoms with E-state index in [0.29, 0.717) is 48.8 Å². The minimum atomic E-state index is 0.00700. The van der Waals surface area contributed by atoms with Gasteiger partial charge in [-0.3, -0.25) is 4.90 Å². The van der Waals surface area contributed by atoms with Crippen LogP contribution < -0.4 is 15.0 Å². The number of aromatic nitrogens is 2. The molecule has 3 aliphatic rings. The van der Waals surface area contributed by atoms with Crippen molar-refractivity contribution in [2.75, 3.05) is 69.4 Å². The van der Waals surface area contributed by atoms with Crippen molar-refractivity contribution in [3.05, 3.63) is 60.3 Å². The van der Waals surface area contributed by atoms with Crippen LogP contribution in [0.3, 0.4) is 0 Å². The van der Waals surface area contributed by atoms with Gasteiger partial charge in [0, 0.05) is 54.7 Å². The van der Waals surface area contributed by atoms with Crippen LogP contribution in [0, 0.1) is 16.7 Å². The van der Waals surface area contributed by atoms with Crippen LogP contribution in [0.2, 0.25) is 0 Å². The van der Waals surface area contributed by atoms with Crippen molar-refractivity contribution in [3.8, 4) is 23.2 Å². The molecule has 0 amide bonds. The highest BCUT2D eigenvalue weighted by molar-refractivity contribution is 5.65. The molecule has 38 heavy (non-hydrogen) atoms. The van der Waals surface area contributed by atoms with Crippen molar-refractivity contribution in [1.29, 1.82) is 5.26 Å². The van der Waals surface area contributed by atoms with Crippen LogP contribution >= 0.6 is 0 Å². The number of hydrogen-bond acceptors (Lipinski definition) is 9. The second-order valence-corrected chi connectivity index (χ2v) is 10.6. The first kappa shape index (κ1) is 24.6. The van der Waals surface area contributed by atoms with Crippen molar-refractivity contribution in [1.82, 2.24) is 14.9 Å². The van der Waals surface area contributed by atoms with E-state index < -0.39 is 0 Å². The average Bonchev–Trinajstić information content (AvgIpc) is 2.91. The molecule has 1 N–H and O–H groups in total. The van der Waals surface area contributed by atoms with Crippen LogP contribution in [0.4, 0.5) is 17.2 Å². The van der Waals surface area contributed by atoms with Crippen molar-refractivity contribution in [3.63, 3.8) is 0 Å². The molecule has 0 saturated carbocycles. The molecule has 9 nitrogen and oxygen atoms in total. The number of ether oxygens (including phenoxy) is 3. The predicted molar refractivity (Wildman–Crippen MR) is 145 cm³/mol. The summed E-state index contributed by atoms with van der Waals surface area (Å²) in [5.41, 5.74) is 3.42. The molecule has 2 aromatic carbocycles. The third-order valence-electron chi connectivity index (χ3n) is 7.45. The molecule has 4 heterocycles. The number of hydrogen-bond donors (Lipinski definition) is 1. The normalized spacial score (nSPS) is 19.2. The number of benzene rings is 2. The Labute approximate surface area is 223 Å². The number of nitriles is 1.